The predicted molar refractivity (Wildman–Crippen MR) is 93.4 cm³/mol. The standard InChI is InChI=1S/C16H15F3N6OS/c17-16(18,19)12-1-2-13(11(7-12)8-20)25-5-3-24(4-6-25)9-14(26)22-15-23-21-10-27-15/h1-2,7,10H,3-6,9H2,(H,22,23,26). The van der Waals surface area contributed by atoms with E-state index in [1.54, 1.807) is 0 Å². The van der Waals surface area contributed by atoms with Crippen molar-refractivity contribution >= 4 is 28.1 Å². The van der Waals surface area contributed by atoms with Crippen LogP contribution in [0.15, 0.2) is 23.7 Å². The molecule has 1 aliphatic rings. The molecule has 0 spiro atoms. The van der Waals surface area contributed by atoms with Crippen LogP contribution in [-0.4, -0.2) is 53.7 Å². The first-order chi connectivity index (χ1) is 12.9. The molecule has 1 aliphatic heterocycles. The van der Waals surface area contributed by atoms with Gasteiger partial charge in [-0.1, -0.05) is 11.3 Å². The summed E-state index contributed by atoms with van der Waals surface area (Å²) < 4.78 is 38.4. The van der Waals surface area contributed by atoms with Crippen molar-refractivity contribution in [3.8, 4) is 6.07 Å². The first-order valence-electron chi connectivity index (χ1n) is 8.01. The van der Waals surface area contributed by atoms with Crippen LogP contribution in [-0.2, 0) is 11.0 Å². The van der Waals surface area contributed by atoms with Gasteiger partial charge in [0.15, 0.2) is 0 Å². The van der Waals surface area contributed by atoms with Crippen LogP contribution < -0.4 is 10.2 Å². The Bertz CT molecular complexity index is 841. The Balaban J connectivity index is 1.59. The number of aromatic nitrogens is 2. The Kier molecular flexibility index (Phi) is 5.57. The highest BCUT2D eigenvalue weighted by Gasteiger charge is 2.31. The smallest absolute Gasteiger partial charge is 0.368 e. The van der Waals surface area contributed by atoms with Crippen LogP contribution in [0.3, 0.4) is 0 Å². The second-order valence-electron chi connectivity index (χ2n) is 5.90. The number of carbonyl (C=O) groups is 1. The molecule has 27 heavy (non-hydrogen) atoms. The van der Waals surface area contributed by atoms with E-state index in [0.29, 0.717) is 37.0 Å². The number of hydrogen-bond donors (Lipinski definition) is 1. The zero-order valence-electron chi connectivity index (χ0n) is 14.0. The van der Waals surface area contributed by atoms with Crippen LogP contribution in [0.1, 0.15) is 11.1 Å². The number of halogens is 3. The summed E-state index contributed by atoms with van der Waals surface area (Å²) in [4.78, 5) is 15.8. The third-order valence-corrected chi connectivity index (χ3v) is 4.74. The summed E-state index contributed by atoms with van der Waals surface area (Å²) in [7, 11) is 0. The van der Waals surface area contributed by atoms with Gasteiger partial charge in [0.2, 0.25) is 11.0 Å². The number of carbonyl (C=O) groups excluding carboxylic acids is 1. The highest BCUT2D eigenvalue weighted by Crippen LogP contribution is 2.33. The van der Waals surface area contributed by atoms with E-state index in [-0.39, 0.29) is 18.0 Å². The number of hydrogen-bond acceptors (Lipinski definition) is 7. The molecular formula is C16H15F3N6OS. The number of alkyl halides is 3. The van der Waals surface area contributed by atoms with Gasteiger partial charge in [-0.3, -0.25) is 15.0 Å². The summed E-state index contributed by atoms with van der Waals surface area (Å²) in [5.41, 5.74) is 1.15. The number of anilines is 2. The van der Waals surface area contributed by atoms with Gasteiger partial charge in [-0.15, -0.1) is 10.2 Å². The van der Waals surface area contributed by atoms with Crippen LogP contribution in [0.5, 0.6) is 0 Å². The summed E-state index contributed by atoms with van der Waals surface area (Å²) in [6.45, 7) is 2.30. The molecule has 1 amide bonds. The highest BCUT2D eigenvalue weighted by atomic mass is 32.1. The van der Waals surface area contributed by atoms with Gasteiger partial charge in [0.05, 0.1) is 23.4 Å². The van der Waals surface area contributed by atoms with E-state index in [1.165, 1.54) is 22.9 Å². The number of nitriles is 1. The summed E-state index contributed by atoms with van der Waals surface area (Å²) in [5, 5.41) is 19.7. The fraction of sp³-hybridized carbons (Fsp3) is 0.375. The molecule has 142 valence electrons. The van der Waals surface area contributed by atoms with E-state index < -0.39 is 11.7 Å². The summed E-state index contributed by atoms with van der Waals surface area (Å²) in [6, 6.07) is 5.03. The van der Waals surface area contributed by atoms with E-state index >= 15 is 0 Å². The Morgan fingerprint density at radius 2 is 2.04 bits per heavy atom. The molecule has 0 aliphatic carbocycles. The monoisotopic (exact) mass is 396 g/mol. The molecule has 0 unspecified atom stereocenters. The number of piperazine rings is 1. The van der Waals surface area contributed by atoms with E-state index in [4.69, 9.17) is 0 Å². The second-order valence-corrected chi connectivity index (χ2v) is 6.73. The zero-order valence-corrected chi connectivity index (χ0v) is 14.8. The number of amides is 1. The first kappa shape index (κ1) is 19.1. The van der Waals surface area contributed by atoms with Gasteiger partial charge in [0.25, 0.3) is 0 Å². The van der Waals surface area contributed by atoms with Crippen molar-refractivity contribution in [2.45, 2.75) is 6.18 Å². The molecule has 1 aromatic carbocycles. The molecule has 3 rings (SSSR count). The molecule has 11 heteroatoms. The Morgan fingerprint density at radius 3 is 2.63 bits per heavy atom. The maximum Gasteiger partial charge on any atom is 0.416 e. The molecule has 0 radical (unpaired) electrons. The molecular weight excluding hydrogens is 381 g/mol. The van der Waals surface area contributed by atoms with Crippen LogP contribution in [0.4, 0.5) is 24.0 Å². The van der Waals surface area contributed by atoms with Gasteiger partial charge in [-0.05, 0) is 18.2 Å². The van der Waals surface area contributed by atoms with Crippen molar-refractivity contribution in [2.75, 3.05) is 42.9 Å². The Hall–Kier alpha value is -2.71. The highest BCUT2D eigenvalue weighted by molar-refractivity contribution is 7.13. The van der Waals surface area contributed by atoms with Gasteiger partial charge >= 0.3 is 6.18 Å². The largest absolute Gasteiger partial charge is 0.416 e. The van der Waals surface area contributed by atoms with Gasteiger partial charge in [-0.2, -0.15) is 18.4 Å². The number of benzene rings is 1. The normalized spacial score (nSPS) is 15.4. The molecule has 1 saturated heterocycles. The lowest BCUT2D eigenvalue weighted by atomic mass is 10.1. The average molecular weight is 396 g/mol. The van der Waals surface area contributed by atoms with Gasteiger partial charge in [0.1, 0.15) is 11.6 Å². The first-order valence-corrected chi connectivity index (χ1v) is 8.89. The van der Waals surface area contributed by atoms with Crippen LogP contribution in [0, 0.1) is 11.3 Å². The van der Waals surface area contributed by atoms with Crippen molar-refractivity contribution in [1.82, 2.24) is 15.1 Å². The zero-order chi connectivity index (χ0) is 19.4. The topological polar surface area (TPSA) is 85.2 Å². The molecule has 1 aromatic heterocycles. The summed E-state index contributed by atoms with van der Waals surface area (Å²) in [5.74, 6) is -0.201. The minimum absolute atomic E-state index is 0.00714. The van der Waals surface area contributed by atoms with Crippen LogP contribution in [0.2, 0.25) is 0 Å². The minimum atomic E-state index is -4.48. The molecule has 0 saturated carbocycles. The third kappa shape index (κ3) is 4.72. The maximum absolute atomic E-state index is 12.8. The van der Waals surface area contributed by atoms with E-state index in [1.807, 2.05) is 15.9 Å². The maximum atomic E-state index is 12.8. The molecule has 0 atom stereocenters. The number of nitrogens with one attached hydrogen (secondary N) is 1. The van der Waals surface area contributed by atoms with Gasteiger partial charge < -0.3 is 4.90 Å². The molecule has 7 nitrogen and oxygen atoms in total. The van der Waals surface area contributed by atoms with Gasteiger partial charge in [0, 0.05) is 26.2 Å². The van der Waals surface area contributed by atoms with Crippen molar-refractivity contribution in [1.29, 1.82) is 5.26 Å². The second kappa shape index (κ2) is 7.89. The average Bonchev–Trinajstić information content (AvgIpc) is 3.14. The van der Waals surface area contributed by atoms with Crippen molar-refractivity contribution < 1.29 is 18.0 Å². The number of rotatable bonds is 4. The summed E-state index contributed by atoms with van der Waals surface area (Å²) >= 11 is 1.23. The molecule has 2 aromatic rings. The lowest BCUT2D eigenvalue weighted by Gasteiger charge is -2.36. The third-order valence-electron chi connectivity index (χ3n) is 4.13. The predicted octanol–water partition coefficient (Wildman–Crippen LogP) is 2.19. The van der Waals surface area contributed by atoms with Crippen molar-refractivity contribution in [2.24, 2.45) is 0 Å². The van der Waals surface area contributed by atoms with Crippen LogP contribution in [0.25, 0.3) is 0 Å². The van der Waals surface area contributed by atoms with Crippen molar-refractivity contribution in [3.63, 3.8) is 0 Å². The molecule has 1 fully saturated rings. The Labute approximate surface area is 157 Å². The SMILES string of the molecule is N#Cc1cc(C(F)(F)F)ccc1N1CCN(CC(=O)Nc2nncs2)CC1. The lowest BCUT2D eigenvalue weighted by Crippen LogP contribution is -2.48. The minimum Gasteiger partial charge on any atom is -0.368 e. The lowest BCUT2D eigenvalue weighted by molar-refractivity contribution is -0.137. The molecule has 1 N–H and O–H groups in total. The Morgan fingerprint density at radius 1 is 1.30 bits per heavy atom. The molecule has 0 bridgehead atoms. The van der Waals surface area contributed by atoms with Gasteiger partial charge in [-0.25, -0.2) is 0 Å². The quantitative estimate of drug-likeness (QED) is 0.853. The molecule has 2 heterocycles. The van der Waals surface area contributed by atoms with Crippen molar-refractivity contribution in [3.05, 3.63) is 34.8 Å². The number of nitrogens with zero attached hydrogens (tertiary/aromatic N) is 5. The fourth-order valence-electron chi connectivity index (χ4n) is 2.81. The summed E-state index contributed by atoms with van der Waals surface area (Å²) in [6.07, 6.45) is -4.48. The van der Waals surface area contributed by atoms with Crippen LogP contribution >= 0.6 is 11.3 Å². The van der Waals surface area contributed by atoms with E-state index in [2.05, 4.69) is 15.5 Å². The van der Waals surface area contributed by atoms with E-state index in [9.17, 15) is 23.2 Å². The van der Waals surface area contributed by atoms with E-state index in [0.717, 1.165) is 12.1 Å². The fourth-order valence-corrected chi connectivity index (χ4v) is 3.28.